The minimum absolute atomic E-state index is 0.0287. The molecular formula is C34H61NO9. The molecule has 0 saturated carbocycles. The number of carboxylic acid groups (broad SMARTS) is 2. The Morgan fingerprint density at radius 3 is 1.55 bits per heavy atom. The van der Waals surface area contributed by atoms with E-state index >= 15 is 0 Å². The molecule has 1 amide bonds. The van der Waals surface area contributed by atoms with Crippen LogP contribution in [0.2, 0.25) is 0 Å². The number of carbonyl (C=O) groups is 5. The van der Waals surface area contributed by atoms with E-state index in [2.05, 4.69) is 5.32 Å². The molecule has 0 spiro atoms. The number of nitrogens with one attached hydrogen (secondary N) is 1. The van der Waals surface area contributed by atoms with Gasteiger partial charge in [-0.2, -0.15) is 0 Å². The molecule has 0 aromatic heterocycles. The van der Waals surface area contributed by atoms with Crippen molar-refractivity contribution in [3.63, 3.8) is 0 Å². The second-order valence-corrected chi connectivity index (χ2v) is 11.8. The topological polar surface area (TPSA) is 156 Å². The number of hydrogen-bond acceptors (Lipinski definition) is 7. The quantitative estimate of drug-likeness (QED) is 0.0664. The smallest absolute Gasteiger partial charge is 0.306 e. The van der Waals surface area contributed by atoms with Gasteiger partial charge in [0.15, 0.2) is 5.78 Å². The molecule has 0 unspecified atom stereocenters. The molecule has 256 valence electrons. The van der Waals surface area contributed by atoms with E-state index in [1.165, 1.54) is 64.2 Å². The van der Waals surface area contributed by atoms with E-state index in [1.807, 2.05) is 0 Å². The molecule has 44 heavy (non-hydrogen) atoms. The largest absolute Gasteiger partial charge is 0.481 e. The Kier molecular flexibility index (Phi) is 29.1. The zero-order valence-corrected chi connectivity index (χ0v) is 27.4. The summed E-state index contributed by atoms with van der Waals surface area (Å²) in [6.07, 6.45) is 19.6. The molecule has 0 rings (SSSR count). The van der Waals surface area contributed by atoms with Crippen molar-refractivity contribution in [1.29, 1.82) is 0 Å². The van der Waals surface area contributed by atoms with Crippen LogP contribution in [0.4, 0.5) is 0 Å². The fourth-order valence-electron chi connectivity index (χ4n) is 4.93. The van der Waals surface area contributed by atoms with Gasteiger partial charge in [0.25, 0.3) is 0 Å². The second kappa shape index (κ2) is 30.7. The Bertz CT molecular complexity index is 772. The Hall–Kier alpha value is -2.33. The SMILES string of the molecule is CCC(=O)COCCOCCNC(=O)CC[C@H](CC(=O)CCCCCCCCCCCCCCCCCCC(=O)O)C(=O)O. The monoisotopic (exact) mass is 627 g/mol. The van der Waals surface area contributed by atoms with Crippen molar-refractivity contribution < 1.29 is 43.7 Å². The number of unbranched alkanes of at least 4 members (excludes halogenated alkanes) is 15. The molecule has 3 N–H and O–H groups in total. The first-order valence-corrected chi connectivity index (χ1v) is 17.2. The fraction of sp³-hybridized carbons (Fsp3) is 0.853. The minimum Gasteiger partial charge on any atom is -0.481 e. The van der Waals surface area contributed by atoms with Crippen LogP contribution in [-0.2, 0) is 33.4 Å². The third-order valence-corrected chi connectivity index (χ3v) is 7.74. The fourth-order valence-corrected chi connectivity index (χ4v) is 4.93. The summed E-state index contributed by atoms with van der Waals surface area (Å²) in [5, 5.41) is 20.8. The predicted molar refractivity (Wildman–Crippen MR) is 171 cm³/mol. The number of ether oxygens (including phenoxy) is 2. The molecule has 0 aliphatic heterocycles. The Morgan fingerprint density at radius 2 is 1.07 bits per heavy atom. The lowest BCUT2D eigenvalue weighted by atomic mass is 9.94. The normalized spacial score (nSPS) is 11.8. The lowest BCUT2D eigenvalue weighted by Gasteiger charge is -2.12. The molecule has 0 aromatic rings. The van der Waals surface area contributed by atoms with Gasteiger partial charge in [-0.05, 0) is 19.3 Å². The number of aliphatic carboxylic acids is 2. The van der Waals surface area contributed by atoms with Crippen LogP contribution in [0.1, 0.15) is 148 Å². The van der Waals surface area contributed by atoms with Gasteiger partial charge in [0.2, 0.25) is 5.91 Å². The number of Topliss-reactive ketones (excluding diaryl/α,β-unsaturated/α-hetero) is 2. The molecule has 0 heterocycles. The van der Waals surface area contributed by atoms with Gasteiger partial charge in [0.05, 0.1) is 25.7 Å². The van der Waals surface area contributed by atoms with Crippen LogP contribution in [0.5, 0.6) is 0 Å². The van der Waals surface area contributed by atoms with E-state index < -0.39 is 17.9 Å². The van der Waals surface area contributed by atoms with Crippen molar-refractivity contribution in [3.8, 4) is 0 Å². The third kappa shape index (κ3) is 29.7. The van der Waals surface area contributed by atoms with Crippen molar-refractivity contribution in [2.75, 3.05) is 33.0 Å². The zero-order valence-electron chi connectivity index (χ0n) is 27.4. The Labute approximate surface area is 265 Å². The molecule has 0 fully saturated rings. The van der Waals surface area contributed by atoms with E-state index in [0.29, 0.717) is 45.6 Å². The van der Waals surface area contributed by atoms with Crippen LogP contribution in [-0.4, -0.2) is 72.6 Å². The first-order chi connectivity index (χ1) is 21.3. The van der Waals surface area contributed by atoms with Gasteiger partial charge >= 0.3 is 11.9 Å². The van der Waals surface area contributed by atoms with Gasteiger partial charge in [0, 0.05) is 38.6 Å². The summed E-state index contributed by atoms with van der Waals surface area (Å²) >= 11 is 0. The van der Waals surface area contributed by atoms with Gasteiger partial charge < -0.3 is 25.0 Å². The maximum atomic E-state index is 12.3. The molecule has 10 nitrogen and oxygen atoms in total. The van der Waals surface area contributed by atoms with Crippen molar-refractivity contribution in [3.05, 3.63) is 0 Å². The molecular weight excluding hydrogens is 566 g/mol. The molecule has 0 aliphatic rings. The highest BCUT2D eigenvalue weighted by Gasteiger charge is 2.22. The van der Waals surface area contributed by atoms with E-state index in [-0.39, 0.29) is 43.3 Å². The maximum absolute atomic E-state index is 12.3. The van der Waals surface area contributed by atoms with Gasteiger partial charge in [-0.1, -0.05) is 96.8 Å². The molecule has 1 atom stereocenters. The molecule has 0 aromatic carbocycles. The average Bonchev–Trinajstić information content (AvgIpc) is 2.99. The van der Waals surface area contributed by atoms with Gasteiger partial charge in [-0.3, -0.25) is 24.0 Å². The van der Waals surface area contributed by atoms with Crippen molar-refractivity contribution >= 4 is 29.4 Å². The number of ketones is 2. The van der Waals surface area contributed by atoms with Gasteiger partial charge in [-0.25, -0.2) is 0 Å². The Balaban J connectivity index is 3.62. The first-order valence-electron chi connectivity index (χ1n) is 17.2. The lowest BCUT2D eigenvalue weighted by Crippen LogP contribution is -2.29. The van der Waals surface area contributed by atoms with Gasteiger partial charge in [-0.15, -0.1) is 0 Å². The number of rotatable bonds is 34. The standard InChI is InChI=1S/C34H61NO9/c1-2-30(36)28-44-26-25-43-24-23-35-32(38)22-21-29(34(41)42)27-31(37)19-17-15-13-11-9-7-5-3-4-6-8-10-12-14-16-18-20-33(39)40/h29H,2-28H2,1H3,(H,35,38)(H,39,40)(H,41,42)/t29-/m1/s1. The van der Waals surface area contributed by atoms with Crippen molar-refractivity contribution in [2.24, 2.45) is 5.92 Å². The van der Waals surface area contributed by atoms with Crippen LogP contribution >= 0.6 is 0 Å². The molecule has 0 aliphatic carbocycles. The minimum atomic E-state index is -1.04. The number of hydrogen-bond donors (Lipinski definition) is 3. The predicted octanol–water partition coefficient (Wildman–Crippen LogP) is 6.66. The highest BCUT2D eigenvalue weighted by atomic mass is 16.5. The summed E-state index contributed by atoms with van der Waals surface area (Å²) in [7, 11) is 0. The van der Waals surface area contributed by atoms with Crippen LogP contribution < -0.4 is 5.32 Å². The third-order valence-electron chi connectivity index (χ3n) is 7.74. The van der Waals surface area contributed by atoms with Crippen molar-refractivity contribution in [1.82, 2.24) is 5.32 Å². The number of amides is 1. The summed E-state index contributed by atoms with van der Waals surface area (Å²) in [6.45, 7) is 3.06. The highest BCUT2D eigenvalue weighted by Crippen LogP contribution is 2.17. The van der Waals surface area contributed by atoms with Crippen LogP contribution in [0.15, 0.2) is 0 Å². The Morgan fingerprint density at radius 1 is 0.591 bits per heavy atom. The number of carboxylic acids is 2. The van der Waals surface area contributed by atoms with E-state index in [1.54, 1.807) is 6.92 Å². The summed E-state index contributed by atoms with van der Waals surface area (Å²) in [5.74, 6) is -2.86. The maximum Gasteiger partial charge on any atom is 0.306 e. The average molecular weight is 628 g/mol. The van der Waals surface area contributed by atoms with Crippen molar-refractivity contribution in [2.45, 2.75) is 148 Å². The van der Waals surface area contributed by atoms with E-state index in [0.717, 1.165) is 38.5 Å². The first kappa shape index (κ1) is 41.7. The van der Waals surface area contributed by atoms with Crippen LogP contribution in [0.3, 0.4) is 0 Å². The summed E-state index contributed by atoms with van der Waals surface area (Å²) < 4.78 is 10.5. The molecule has 0 bridgehead atoms. The lowest BCUT2D eigenvalue weighted by molar-refractivity contribution is -0.144. The number of carbonyl (C=O) groups excluding carboxylic acids is 3. The van der Waals surface area contributed by atoms with Gasteiger partial charge in [0.1, 0.15) is 12.4 Å². The summed E-state index contributed by atoms with van der Waals surface area (Å²) in [4.78, 5) is 57.6. The summed E-state index contributed by atoms with van der Waals surface area (Å²) in [6, 6.07) is 0. The second-order valence-electron chi connectivity index (χ2n) is 11.8. The highest BCUT2D eigenvalue weighted by molar-refractivity contribution is 5.84. The summed E-state index contributed by atoms with van der Waals surface area (Å²) in [5.41, 5.74) is 0. The van der Waals surface area contributed by atoms with E-state index in [9.17, 15) is 29.1 Å². The molecule has 0 radical (unpaired) electrons. The molecule has 10 heteroatoms. The molecule has 0 saturated heterocycles. The zero-order chi connectivity index (χ0) is 32.7. The van der Waals surface area contributed by atoms with Crippen LogP contribution in [0.25, 0.3) is 0 Å². The van der Waals surface area contributed by atoms with Crippen LogP contribution in [0, 0.1) is 5.92 Å². The van der Waals surface area contributed by atoms with E-state index in [4.69, 9.17) is 14.6 Å².